The number of rotatable bonds is 6. The highest BCUT2D eigenvalue weighted by Crippen LogP contribution is 2.21. The molecular formula is C15H18FNO5. The number of para-hydroxylation sites is 1. The van der Waals surface area contributed by atoms with Crippen LogP contribution in [-0.4, -0.2) is 36.0 Å². The normalized spacial score (nSPS) is 13.1. The number of hydrogen-bond acceptors (Lipinski definition) is 5. The number of ether oxygens (including phenoxy) is 1. The van der Waals surface area contributed by atoms with Crippen LogP contribution in [0.15, 0.2) is 18.2 Å². The summed E-state index contributed by atoms with van der Waals surface area (Å²) in [4.78, 5) is 34.9. The zero-order valence-corrected chi connectivity index (χ0v) is 12.6. The molecule has 0 aliphatic rings. The molecule has 6 nitrogen and oxygen atoms in total. The van der Waals surface area contributed by atoms with Crippen LogP contribution in [-0.2, 0) is 19.1 Å². The molecule has 0 saturated carbocycles. The summed E-state index contributed by atoms with van der Waals surface area (Å²) in [7, 11) is 1.05. The summed E-state index contributed by atoms with van der Waals surface area (Å²) in [6, 6.07) is 4.21. The Balaban J connectivity index is 3.02. The standard InChI is InChI=1S/C15H18FNO5/c1-8-5-4-6-10(16)13(8)17-14(20)12(15(21)22-3)11(19)7-9(2)18/h4-6,11-12,19H,7H2,1-3H3,(H,17,20). The van der Waals surface area contributed by atoms with Gasteiger partial charge < -0.3 is 15.2 Å². The van der Waals surface area contributed by atoms with Gasteiger partial charge in [0.05, 0.1) is 18.9 Å². The van der Waals surface area contributed by atoms with Gasteiger partial charge in [-0.2, -0.15) is 0 Å². The number of halogens is 1. The van der Waals surface area contributed by atoms with Crippen molar-refractivity contribution in [3.63, 3.8) is 0 Å². The van der Waals surface area contributed by atoms with Crippen molar-refractivity contribution in [2.75, 3.05) is 12.4 Å². The molecule has 1 rings (SSSR count). The third-order valence-corrected chi connectivity index (χ3v) is 3.09. The first-order valence-corrected chi connectivity index (χ1v) is 6.59. The highest BCUT2D eigenvalue weighted by atomic mass is 19.1. The maximum absolute atomic E-state index is 13.7. The number of carbonyl (C=O) groups is 3. The fourth-order valence-corrected chi connectivity index (χ4v) is 1.97. The molecule has 0 radical (unpaired) electrons. The minimum absolute atomic E-state index is 0.0866. The lowest BCUT2D eigenvalue weighted by Gasteiger charge is -2.20. The molecule has 1 aromatic rings. The SMILES string of the molecule is COC(=O)C(C(=O)Nc1c(C)cccc1F)C(O)CC(C)=O. The molecule has 0 aliphatic carbocycles. The van der Waals surface area contributed by atoms with Crippen LogP contribution in [0.3, 0.4) is 0 Å². The predicted molar refractivity (Wildman–Crippen MR) is 76.6 cm³/mol. The minimum atomic E-state index is -1.62. The molecule has 2 unspecified atom stereocenters. The van der Waals surface area contributed by atoms with Gasteiger partial charge in [-0.05, 0) is 25.5 Å². The predicted octanol–water partition coefficient (Wildman–Crippen LogP) is 1.20. The van der Waals surface area contributed by atoms with Gasteiger partial charge in [0.2, 0.25) is 5.91 Å². The maximum atomic E-state index is 13.7. The van der Waals surface area contributed by atoms with E-state index in [1.807, 2.05) is 0 Å². The van der Waals surface area contributed by atoms with Gasteiger partial charge in [0.15, 0.2) is 5.92 Å². The van der Waals surface area contributed by atoms with Gasteiger partial charge in [0.25, 0.3) is 0 Å². The van der Waals surface area contributed by atoms with E-state index in [1.54, 1.807) is 13.0 Å². The van der Waals surface area contributed by atoms with Crippen LogP contribution in [0.2, 0.25) is 0 Å². The van der Waals surface area contributed by atoms with Gasteiger partial charge in [-0.15, -0.1) is 0 Å². The molecule has 22 heavy (non-hydrogen) atoms. The molecule has 120 valence electrons. The van der Waals surface area contributed by atoms with Crippen molar-refractivity contribution in [2.45, 2.75) is 26.4 Å². The second-order valence-electron chi connectivity index (χ2n) is 4.90. The van der Waals surface area contributed by atoms with Crippen LogP contribution in [0.25, 0.3) is 0 Å². The van der Waals surface area contributed by atoms with Gasteiger partial charge in [0.1, 0.15) is 11.6 Å². The van der Waals surface area contributed by atoms with E-state index in [-0.39, 0.29) is 12.1 Å². The summed E-state index contributed by atoms with van der Waals surface area (Å²) in [5, 5.41) is 12.2. The van der Waals surface area contributed by atoms with E-state index in [4.69, 9.17) is 0 Å². The lowest BCUT2D eigenvalue weighted by atomic mass is 9.97. The Labute approximate surface area is 127 Å². The highest BCUT2D eigenvalue weighted by Gasteiger charge is 2.36. The van der Waals surface area contributed by atoms with Crippen molar-refractivity contribution in [1.29, 1.82) is 0 Å². The Hall–Kier alpha value is -2.28. The largest absolute Gasteiger partial charge is 0.468 e. The summed E-state index contributed by atoms with van der Waals surface area (Å²) in [6.45, 7) is 2.80. The first-order valence-electron chi connectivity index (χ1n) is 6.59. The molecule has 0 aromatic heterocycles. The van der Waals surface area contributed by atoms with Crippen LogP contribution in [0, 0.1) is 18.7 Å². The molecule has 0 spiro atoms. The van der Waals surface area contributed by atoms with E-state index < -0.39 is 35.5 Å². The number of aliphatic hydroxyl groups is 1. The summed E-state index contributed by atoms with van der Waals surface area (Å²) < 4.78 is 18.2. The number of anilines is 1. The number of amides is 1. The second-order valence-corrected chi connectivity index (χ2v) is 4.90. The third-order valence-electron chi connectivity index (χ3n) is 3.09. The number of esters is 1. The average Bonchev–Trinajstić information content (AvgIpc) is 2.42. The van der Waals surface area contributed by atoms with Crippen LogP contribution in [0.1, 0.15) is 18.9 Å². The molecule has 0 heterocycles. The lowest BCUT2D eigenvalue weighted by Crippen LogP contribution is -2.40. The summed E-state index contributed by atoms with van der Waals surface area (Å²) in [5.74, 6) is -4.61. The molecule has 7 heteroatoms. The van der Waals surface area contributed by atoms with Crippen molar-refractivity contribution >= 4 is 23.3 Å². The van der Waals surface area contributed by atoms with Crippen molar-refractivity contribution in [3.8, 4) is 0 Å². The van der Waals surface area contributed by atoms with E-state index in [9.17, 15) is 23.9 Å². The van der Waals surface area contributed by atoms with Crippen LogP contribution in [0.4, 0.5) is 10.1 Å². The summed E-state index contributed by atoms with van der Waals surface area (Å²) in [5.41, 5.74) is 0.370. The van der Waals surface area contributed by atoms with Crippen molar-refractivity contribution < 1.29 is 28.6 Å². The maximum Gasteiger partial charge on any atom is 0.320 e. The van der Waals surface area contributed by atoms with E-state index >= 15 is 0 Å². The van der Waals surface area contributed by atoms with E-state index in [2.05, 4.69) is 10.1 Å². The number of nitrogens with one attached hydrogen (secondary N) is 1. The smallest absolute Gasteiger partial charge is 0.320 e. The van der Waals surface area contributed by atoms with Crippen molar-refractivity contribution in [2.24, 2.45) is 5.92 Å². The third kappa shape index (κ3) is 4.36. The molecule has 2 N–H and O–H groups in total. The van der Waals surface area contributed by atoms with Gasteiger partial charge in [0, 0.05) is 6.42 Å². The number of benzene rings is 1. The quantitative estimate of drug-likeness (QED) is 0.608. The highest BCUT2D eigenvalue weighted by molar-refractivity contribution is 6.06. The number of methoxy groups -OCH3 is 1. The zero-order valence-electron chi connectivity index (χ0n) is 12.6. The number of aryl methyl sites for hydroxylation is 1. The number of carbonyl (C=O) groups excluding carboxylic acids is 3. The zero-order chi connectivity index (χ0) is 16.9. The Kier molecular flexibility index (Phi) is 6.18. The molecule has 2 atom stereocenters. The van der Waals surface area contributed by atoms with Crippen LogP contribution in [0.5, 0.6) is 0 Å². The topological polar surface area (TPSA) is 92.7 Å². The molecule has 0 saturated heterocycles. The Morgan fingerprint density at radius 2 is 2.00 bits per heavy atom. The Morgan fingerprint density at radius 1 is 1.36 bits per heavy atom. The van der Waals surface area contributed by atoms with Gasteiger partial charge >= 0.3 is 5.97 Å². The minimum Gasteiger partial charge on any atom is -0.468 e. The lowest BCUT2D eigenvalue weighted by molar-refractivity contribution is -0.153. The number of hydrogen-bond donors (Lipinski definition) is 2. The fourth-order valence-electron chi connectivity index (χ4n) is 1.97. The average molecular weight is 311 g/mol. The molecule has 0 aliphatic heterocycles. The number of Topliss-reactive ketones (excluding diaryl/α,β-unsaturated/α-hetero) is 1. The monoisotopic (exact) mass is 311 g/mol. The van der Waals surface area contributed by atoms with Crippen molar-refractivity contribution in [1.82, 2.24) is 0 Å². The molecule has 1 amide bonds. The summed E-state index contributed by atoms with van der Waals surface area (Å²) >= 11 is 0. The fraction of sp³-hybridized carbons (Fsp3) is 0.400. The van der Waals surface area contributed by atoms with Crippen molar-refractivity contribution in [3.05, 3.63) is 29.6 Å². The van der Waals surface area contributed by atoms with Crippen LogP contribution < -0.4 is 5.32 Å². The van der Waals surface area contributed by atoms with Gasteiger partial charge in [-0.1, -0.05) is 12.1 Å². The number of aliphatic hydroxyl groups excluding tert-OH is 1. The molecular weight excluding hydrogens is 293 g/mol. The second kappa shape index (κ2) is 7.65. The van der Waals surface area contributed by atoms with Crippen LogP contribution >= 0.6 is 0 Å². The van der Waals surface area contributed by atoms with Gasteiger partial charge in [-0.25, -0.2) is 4.39 Å². The Morgan fingerprint density at radius 3 is 2.50 bits per heavy atom. The first kappa shape index (κ1) is 17.8. The first-order chi connectivity index (χ1) is 10.3. The Bertz CT molecular complexity index is 567. The van der Waals surface area contributed by atoms with E-state index in [0.717, 1.165) is 13.2 Å². The van der Waals surface area contributed by atoms with E-state index in [0.29, 0.717) is 5.56 Å². The molecule has 0 fully saturated rings. The van der Waals surface area contributed by atoms with Gasteiger partial charge in [-0.3, -0.25) is 14.4 Å². The molecule has 0 bridgehead atoms. The number of ketones is 1. The summed E-state index contributed by atoms with van der Waals surface area (Å²) in [6.07, 6.45) is -1.93. The molecule has 1 aromatic carbocycles. The van der Waals surface area contributed by atoms with E-state index in [1.165, 1.54) is 13.0 Å².